The van der Waals surface area contributed by atoms with Gasteiger partial charge in [0.05, 0.1) is 0 Å². The molecule has 53 valence electrons. The van der Waals surface area contributed by atoms with E-state index < -0.39 is 0 Å². The summed E-state index contributed by atoms with van der Waals surface area (Å²) in [7, 11) is 0. The molecule has 1 heterocycles. The van der Waals surface area contributed by atoms with Gasteiger partial charge in [0.1, 0.15) is 0 Å². The van der Waals surface area contributed by atoms with Gasteiger partial charge in [0.15, 0.2) is 0 Å². The first-order chi connectivity index (χ1) is 4.93. The molecule has 1 aromatic rings. The molecule has 0 aliphatic heterocycles. The molecule has 1 rings (SSSR count). The van der Waals surface area contributed by atoms with Crippen LogP contribution in [0.3, 0.4) is 0 Å². The van der Waals surface area contributed by atoms with Crippen molar-refractivity contribution in [2.45, 2.75) is 6.42 Å². The molecular formula is C8H11N2. The molecule has 0 unspecified atom stereocenters. The summed E-state index contributed by atoms with van der Waals surface area (Å²) >= 11 is 0. The topological polar surface area (TPSA) is 38.9 Å². The Balaban J connectivity index is 2.43. The molecule has 2 heteroatoms. The van der Waals surface area contributed by atoms with Crippen LogP contribution >= 0.6 is 0 Å². The molecule has 0 aliphatic rings. The maximum atomic E-state index is 5.29. The van der Waals surface area contributed by atoms with Gasteiger partial charge in [0, 0.05) is 11.9 Å². The Morgan fingerprint density at radius 2 is 2.40 bits per heavy atom. The van der Waals surface area contributed by atoms with Crippen LogP contribution in [0.4, 0.5) is 0 Å². The van der Waals surface area contributed by atoms with Crippen LogP contribution in [-0.2, 0) is 6.42 Å². The maximum Gasteiger partial charge on any atom is 0.0406 e. The van der Waals surface area contributed by atoms with Crippen LogP contribution in [0.5, 0.6) is 0 Å². The maximum absolute atomic E-state index is 5.29. The summed E-state index contributed by atoms with van der Waals surface area (Å²) in [5.41, 5.74) is 6.37. The number of hydrogen-bond acceptors (Lipinski definition) is 2. The van der Waals surface area contributed by atoms with Crippen LogP contribution in [0, 0.1) is 6.42 Å². The highest BCUT2D eigenvalue weighted by Gasteiger charge is 1.89. The van der Waals surface area contributed by atoms with E-state index in [-0.39, 0.29) is 0 Å². The van der Waals surface area contributed by atoms with Crippen molar-refractivity contribution in [3.63, 3.8) is 0 Å². The predicted octanol–water partition coefficient (Wildman–Crippen LogP) is 0.787. The number of nitrogens with zero attached hydrogens (tertiary/aromatic N) is 1. The molecule has 0 aromatic carbocycles. The molecule has 0 atom stereocenters. The fourth-order valence-electron chi connectivity index (χ4n) is 0.750. The smallest absolute Gasteiger partial charge is 0.0406 e. The largest absolute Gasteiger partial charge is 0.330 e. The average Bonchev–Trinajstić information content (AvgIpc) is 2.03. The summed E-state index contributed by atoms with van der Waals surface area (Å²) in [6.07, 6.45) is 4.67. The van der Waals surface area contributed by atoms with Crippen molar-refractivity contribution >= 4 is 0 Å². The fraction of sp³-hybridized carbons (Fsp3) is 0.250. The summed E-state index contributed by atoms with van der Waals surface area (Å²) < 4.78 is 0. The van der Waals surface area contributed by atoms with E-state index in [1.54, 1.807) is 6.20 Å². The lowest BCUT2D eigenvalue weighted by Crippen LogP contribution is -2.02. The molecule has 2 nitrogen and oxygen atoms in total. The SMILES string of the molecule is NC[CH]Cc1ccccn1. The Labute approximate surface area is 61.1 Å². The Hall–Kier alpha value is -0.890. The first kappa shape index (κ1) is 7.22. The zero-order valence-corrected chi connectivity index (χ0v) is 5.83. The van der Waals surface area contributed by atoms with Crippen molar-refractivity contribution in [2.75, 3.05) is 6.54 Å². The van der Waals surface area contributed by atoms with Crippen LogP contribution in [0.25, 0.3) is 0 Å². The van der Waals surface area contributed by atoms with Gasteiger partial charge in [-0.2, -0.15) is 0 Å². The van der Waals surface area contributed by atoms with Crippen molar-refractivity contribution in [1.29, 1.82) is 0 Å². The van der Waals surface area contributed by atoms with Crippen molar-refractivity contribution in [3.8, 4) is 0 Å². The standard InChI is InChI=1S/C8H11N2/c9-6-3-5-8-4-1-2-7-10-8/h1-4,7H,5-6,9H2. The zero-order valence-electron chi connectivity index (χ0n) is 5.83. The van der Waals surface area contributed by atoms with E-state index in [2.05, 4.69) is 4.98 Å². The van der Waals surface area contributed by atoms with E-state index in [0.717, 1.165) is 12.1 Å². The highest BCUT2D eigenvalue weighted by molar-refractivity contribution is 5.05. The lowest BCUT2D eigenvalue weighted by Gasteiger charge is -1.95. The third-order valence-corrected chi connectivity index (χ3v) is 1.25. The van der Waals surface area contributed by atoms with Gasteiger partial charge in [-0.25, -0.2) is 0 Å². The van der Waals surface area contributed by atoms with Crippen molar-refractivity contribution in [1.82, 2.24) is 4.98 Å². The van der Waals surface area contributed by atoms with Gasteiger partial charge in [-0.15, -0.1) is 0 Å². The highest BCUT2D eigenvalue weighted by atomic mass is 14.7. The lowest BCUT2D eigenvalue weighted by atomic mass is 10.2. The summed E-state index contributed by atoms with van der Waals surface area (Å²) in [6, 6.07) is 5.88. The lowest BCUT2D eigenvalue weighted by molar-refractivity contribution is 0.984. The Bertz CT molecular complexity index is 172. The second-order valence-corrected chi connectivity index (χ2v) is 2.05. The zero-order chi connectivity index (χ0) is 7.23. The fourth-order valence-corrected chi connectivity index (χ4v) is 0.750. The number of pyridine rings is 1. The van der Waals surface area contributed by atoms with E-state index in [0.29, 0.717) is 6.54 Å². The summed E-state index contributed by atoms with van der Waals surface area (Å²) in [6.45, 7) is 0.622. The van der Waals surface area contributed by atoms with Crippen LogP contribution in [0.15, 0.2) is 24.4 Å². The molecule has 0 bridgehead atoms. The first-order valence-electron chi connectivity index (χ1n) is 3.35. The molecule has 1 radical (unpaired) electrons. The van der Waals surface area contributed by atoms with E-state index in [1.807, 2.05) is 24.6 Å². The van der Waals surface area contributed by atoms with E-state index in [9.17, 15) is 0 Å². The van der Waals surface area contributed by atoms with Crippen molar-refractivity contribution in [2.24, 2.45) is 5.73 Å². The summed E-state index contributed by atoms with van der Waals surface area (Å²) in [5.74, 6) is 0. The van der Waals surface area contributed by atoms with E-state index in [4.69, 9.17) is 5.73 Å². The minimum Gasteiger partial charge on any atom is -0.330 e. The minimum atomic E-state index is 0.622. The Morgan fingerprint density at radius 3 is 3.00 bits per heavy atom. The number of hydrogen-bond donors (Lipinski definition) is 1. The molecule has 0 amide bonds. The molecule has 0 saturated heterocycles. The van der Waals surface area contributed by atoms with Crippen molar-refractivity contribution < 1.29 is 0 Å². The second kappa shape index (κ2) is 4.01. The Morgan fingerprint density at radius 1 is 1.50 bits per heavy atom. The van der Waals surface area contributed by atoms with Gasteiger partial charge >= 0.3 is 0 Å². The summed E-state index contributed by atoms with van der Waals surface area (Å²) in [4.78, 5) is 4.13. The molecule has 0 fully saturated rings. The van der Waals surface area contributed by atoms with E-state index >= 15 is 0 Å². The molecule has 0 saturated carbocycles. The Kier molecular flexibility index (Phi) is 2.90. The van der Waals surface area contributed by atoms with Crippen LogP contribution in [-0.4, -0.2) is 11.5 Å². The van der Waals surface area contributed by atoms with Crippen LogP contribution in [0.1, 0.15) is 5.69 Å². The normalized spacial score (nSPS) is 9.70. The highest BCUT2D eigenvalue weighted by Crippen LogP contribution is 1.95. The van der Waals surface area contributed by atoms with E-state index in [1.165, 1.54) is 0 Å². The molecule has 1 aromatic heterocycles. The first-order valence-corrected chi connectivity index (χ1v) is 3.35. The number of aromatic nitrogens is 1. The van der Waals surface area contributed by atoms with Gasteiger partial charge < -0.3 is 5.73 Å². The van der Waals surface area contributed by atoms with Gasteiger partial charge in [-0.1, -0.05) is 6.07 Å². The minimum absolute atomic E-state index is 0.622. The summed E-state index contributed by atoms with van der Waals surface area (Å²) in [5, 5.41) is 0. The quantitative estimate of drug-likeness (QED) is 0.665. The van der Waals surface area contributed by atoms with Gasteiger partial charge in [0.25, 0.3) is 0 Å². The molecule has 10 heavy (non-hydrogen) atoms. The monoisotopic (exact) mass is 135 g/mol. The molecule has 0 spiro atoms. The van der Waals surface area contributed by atoms with Gasteiger partial charge in [-0.3, -0.25) is 4.98 Å². The number of rotatable bonds is 3. The van der Waals surface area contributed by atoms with Crippen LogP contribution in [0.2, 0.25) is 0 Å². The molecular weight excluding hydrogens is 124 g/mol. The predicted molar refractivity (Wildman–Crippen MR) is 41.3 cm³/mol. The second-order valence-electron chi connectivity index (χ2n) is 2.05. The van der Waals surface area contributed by atoms with Gasteiger partial charge in [0.2, 0.25) is 0 Å². The van der Waals surface area contributed by atoms with Crippen molar-refractivity contribution in [3.05, 3.63) is 36.5 Å². The average molecular weight is 135 g/mol. The molecule has 0 aliphatic carbocycles. The third-order valence-electron chi connectivity index (χ3n) is 1.25. The van der Waals surface area contributed by atoms with Gasteiger partial charge in [-0.05, 0) is 31.5 Å². The third kappa shape index (κ3) is 2.15. The molecule has 2 N–H and O–H groups in total. The number of nitrogens with two attached hydrogens (primary N) is 1. The van der Waals surface area contributed by atoms with Crippen LogP contribution < -0.4 is 5.73 Å².